The van der Waals surface area contributed by atoms with Crippen molar-refractivity contribution in [1.82, 2.24) is 0 Å². The number of rotatable bonds is 6. The molecular formula is C11H11F5N2O2. The summed E-state index contributed by atoms with van der Waals surface area (Å²) in [7, 11) is 0. The molecule has 0 amide bonds. The standard InChI is InChI=1S/C11H11F5N2O2/c12-7-5-8(13)10(18(19)20)9(6-7)17-4-2-1-3-11(14,15)16/h5-6,17H,1-4H2. The molecule has 0 saturated carbocycles. The van der Waals surface area contributed by atoms with Gasteiger partial charge >= 0.3 is 11.9 Å². The molecule has 0 aliphatic rings. The Morgan fingerprint density at radius 2 is 1.85 bits per heavy atom. The molecule has 0 heterocycles. The van der Waals surface area contributed by atoms with Gasteiger partial charge in [-0.05, 0) is 12.8 Å². The molecule has 0 saturated heterocycles. The summed E-state index contributed by atoms with van der Waals surface area (Å²) < 4.78 is 61.8. The molecule has 0 radical (unpaired) electrons. The van der Waals surface area contributed by atoms with Crippen molar-refractivity contribution in [3.63, 3.8) is 0 Å². The minimum Gasteiger partial charge on any atom is -0.379 e. The van der Waals surface area contributed by atoms with Crippen molar-refractivity contribution in [2.75, 3.05) is 11.9 Å². The van der Waals surface area contributed by atoms with Gasteiger partial charge in [-0.3, -0.25) is 10.1 Å². The zero-order chi connectivity index (χ0) is 15.3. The van der Waals surface area contributed by atoms with Gasteiger partial charge in [-0.15, -0.1) is 0 Å². The van der Waals surface area contributed by atoms with Crippen LogP contribution >= 0.6 is 0 Å². The monoisotopic (exact) mass is 298 g/mol. The van der Waals surface area contributed by atoms with Crippen LogP contribution in [0.2, 0.25) is 0 Å². The van der Waals surface area contributed by atoms with E-state index in [4.69, 9.17) is 0 Å². The van der Waals surface area contributed by atoms with Crippen molar-refractivity contribution in [2.24, 2.45) is 0 Å². The number of anilines is 1. The summed E-state index contributed by atoms with van der Waals surface area (Å²) in [5.41, 5.74) is -1.32. The molecule has 0 unspecified atom stereocenters. The highest BCUT2D eigenvalue weighted by molar-refractivity contribution is 5.62. The van der Waals surface area contributed by atoms with E-state index in [1.807, 2.05) is 0 Å². The van der Waals surface area contributed by atoms with Crippen LogP contribution in [0.1, 0.15) is 19.3 Å². The Morgan fingerprint density at radius 3 is 2.40 bits per heavy atom. The molecule has 20 heavy (non-hydrogen) atoms. The van der Waals surface area contributed by atoms with Gasteiger partial charge in [0.2, 0.25) is 5.82 Å². The van der Waals surface area contributed by atoms with E-state index in [0.717, 1.165) is 6.07 Å². The van der Waals surface area contributed by atoms with Gasteiger partial charge in [0.1, 0.15) is 11.5 Å². The number of alkyl halides is 3. The first-order valence-electron chi connectivity index (χ1n) is 5.65. The van der Waals surface area contributed by atoms with Gasteiger partial charge in [0, 0.05) is 25.1 Å². The van der Waals surface area contributed by atoms with Crippen molar-refractivity contribution in [3.8, 4) is 0 Å². The van der Waals surface area contributed by atoms with Crippen LogP contribution in [0.15, 0.2) is 12.1 Å². The summed E-state index contributed by atoms with van der Waals surface area (Å²) in [6.07, 6.45) is -5.36. The van der Waals surface area contributed by atoms with Crippen molar-refractivity contribution < 1.29 is 26.9 Å². The number of nitrogens with zero attached hydrogens (tertiary/aromatic N) is 1. The normalized spacial score (nSPS) is 11.4. The van der Waals surface area contributed by atoms with Gasteiger partial charge in [-0.1, -0.05) is 0 Å². The summed E-state index contributed by atoms with van der Waals surface area (Å²) in [4.78, 5) is 9.61. The van der Waals surface area contributed by atoms with Gasteiger partial charge in [-0.2, -0.15) is 17.6 Å². The maximum atomic E-state index is 13.2. The maximum Gasteiger partial charge on any atom is 0.389 e. The SMILES string of the molecule is O=[N+]([O-])c1c(F)cc(F)cc1NCCCCC(F)(F)F. The predicted molar refractivity (Wildman–Crippen MR) is 61.4 cm³/mol. The largest absolute Gasteiger partial charge is 0.389 e. The third-order valence-corrected chi connectivity index (χ3v) is 2.41. The number of unbranched alkanes of at least 4 members (excludes halogenated alkanes) is 1. The molecule has 0 atom stereocenters. The Bertz CT molecular complexity index is 490. The second-order valence-corrected chi connectivity index (χ2v) is 4.04. The molecule has 1 aromatic rings. The number of nitro benzene ring substituents is 1. The molecule has 0 bridgehead atoms. The van der Waals surface area contributed by atoms with Gasteiger partial charge in [0.15, 0.2) is 0 Å². The summed E-state index contributed by atoms with van der Waals surface area (Å²) >= 11 is 0. The van der Waals surface area contributed by atoms with E-state index in [0.29, 0.717) is 6.07 Å². The molecule has 0 aliphatic carbocycles. The van der Waals surface area contributed by atoms with Gasteiger partial charge in [-0.25, -0.2) is 4.39 Å². The van der Waals surface area contributed by atoms with Crippen molar-refractivity contribution in [1.29, 1.82) is 0 Å². The molecule has 0 aromatic heterocycles. The van der Waals surface area contributed by atoms with E-state index >= 15 is 0 Å². The lowest BCUT2D eigenvalue weighted by Crippen LogP contribution is -2.10. The molecule has 1 rings (SSSR count). The number of nitro groups is 1. The Morgan fingerprint density at radius 1 is 1.20 bits per heavy atom. The minimum atomic E-state index is -4.27. The Kier molecular flexibility index (Phi) is 5.23. The fraction of sp³-hybridized carbons (Fsp3) is 0.455. The molecule has 1 aromatic carbocycles. The third-order valence-electron chi connectivity index (χ3n) is 2.41. The highest BCUT2D eigenvalue weighted by Crippen LogP contribution is 2.29. The number of nitrogens with one attached hydrogen (secondary N) is 1. The van der Waals surface area contributed by atoms with E-state index in [9.17, 15) is 32.1 Å². The molecule has 1 N–H and O–H groups in total. The predicted octanol–water partition coefficient (Wildman–Crippen LogP) is 4.02. The number of hydrogen-bond donors (Lipinski definition) is 1. The average Bonchev–Trinajstić information content (AvgIpc) is 2.25. The lowest BCUT2D eigenvalue weighted by molar-refractivity contribution is -0.386. The van der Waals surface area contributed by atoms with Crippen LogP contribution in [-0.2, 0) is 0 Å². The molecule has 112 valence electrons. The van der Waals surface area contributed by atoms with Crippen LogP contribution in [0.5, 0.6) is 0 Å². The van der Waals surface area contributed by atoms with Crippen molar-refractivity contribution in [3.05, 3.63) is 33.9 Å². The topological polar surface area (TPSA) is 55.2 Å². The molecule has 0 spiro atoms. The maximum absolute atomic E-state index is 13.2. The van der Waals surface area contributed by atoms with Gasteiger partial charge < -0.3 is 5.32 Å². The number of hydrogen-bond acceptors (Lipinski definition) is 3. The van der Waals surface area contributed by atoms with E-state index in [1.165, 1.54) is 0 Å². The first-order valence-corrected chi connectivity index (χ1v) is 5.65. The van der Waals surface area contributed by atoms with Crippen LogP contribution in [0.3, 0.4) is 0 Å². The zero-order valence-electron chi connectivity index (χ0n) is 10.1. The first-order chi connectivity index (χ1) is 9.20. The number of benzene rings is 1. The molecular weight excluding hydrogens is 287 g/mol. The summed E-state index contributed by atoms with van der Waals surface area (Å²) in [6, 6.07) is 1.10. The highest BCUT2D eigenvalue weighted by atomic mass is 19.4. The highest BCUT2D eigenvalue weighted by Gasteiger charge is 2.26. The van der Waals surface area contributed by atoms with Crippen LogP contribution in [0.4, 0.5) is 33.3 Å². The Labute approximate surface area is 110 Å². The van der Waals surface area contributed by atoms with Crippen LogP contribution < -0.4 is 5.32 Å². The second-order valence-electron chi connectivity index (χ2n) is 4.04. The molecule has 9 heteroatoms. The average molecular weight is 298 g/mol. The van der Waals surface area contributed by atoms with Gasteiger partial charge in [0.25, 0.3) is 0 Å². The molecule has 0 aliphatic heterocycles. The molecule has 0 fully saturated rings. The van der Waals surface area contributed by atoms with E-state index in [2.05, 4.69) is 5.32 Å². The van der Waals surface area contributed by atoms with Crippen LogP contribution in [0.25, 0.3) is 0 Å². The second kappa shape index (κ2) is 6.49. The lowest BCUT2D eigenvalue weighted by Gasteiger charge is -2.09. The Balaban J connectivity index is 2.62. The van der Waals surface area contributed by atoms with E-state index in [1.54, 1.807) is 0 Å². The summed E-state index contributed by atoms with van der Waals surface area (Å²) in [5.74, 6) is -2.35. The lowest BCUT2D eigenvalue weighted by atomic mass is 10.2. The number of halogens is 5. The minimum absolute atomic E-state index is 0.0557. The third kappa shape index (κ3) is 4.98. The van der Waals surface area contributed by atoms with Gasteiger partial charge in [0.05, 0.1) is 4.92 Å². The van der Waals surface area contributed by atoms with E-state index < -0.39 is 34.8 Å². The smallest absolute Gasteiger partial charge is 0.379 e. The molecule has 4 nitrogen and oxygen atoms in total. The Hall–Kier alpha value is -1.93. The zero-order valence-corrected chi connectivity index (χ0v) is 10.1. The first kappa shape index (κ1) is 16.1. The quantitative estimate of drug-likeness (QED) is 0.373. The van der Waals surface area contributed by atoms with Crippen molar-refractivity contribution >= 4 is 11.4 Å². The van der Waals surface area contributed by atoms with E-state index in [-0.39, 0.29) is 25.1 Å². The summed E-state index contributed by atoms with van der Waals surface area (Å²) in [6.45, 7) is -0.0557. The van der Waals surface area contributed by atoms with Crippen LogP contribution in [0, 0.1) is 21.7 Å². The fourth-order valence-electron chi connectivity index (χ4n) is 1.56. The fourth-order valence-corrected chi connectivity index (χ4v) is 1.56. The van der Waals surface area contributed by atoms with Crippen molar-refractivity contribution in [2.45, 2.75) is 25.4 Å². The summed E-state index contributed by atoms with van der Waals surface area (Å²) in [5, 5.41) is 13.0. The van der Waals surface area contributed by atoms with Crippen LogP contribution in [-0.4, -0.2) is 17.6 Å².